The Balaban J connectivity index is 1.54. The number of fused-ring (bicyclic) bond motifs is 1. The SMILES string of the molecule is NCC1(N2CCc3ccccc3C2)CCN(C2CC2)C1. The Morgan fingerprint density at radius 1 is 1.15 bits per heavy atom. The standard InChI is InChI=1S/C17H25N3/c18-12-17(8-10-19(13-17)16-5-6-16)20-9-7-14-3-1-2-4-15(14)11-20/h1-4,16H,5-13,18H2. The molecule has 4 rings (SSSR count). The van der Waals surface area contributed by atoms with Crippen LogP contribution < -0.4 is 5.73 Å². The molecule has 108 valence electrons. The van der Waals surface area contributed by atoms with Gasteiger partial charge in [-0.05, 0) is 36.8 Å². The third-order valence-corrected chi connectivity index (χ3v) is 5.61. The summed E-state index contributed by atoms with van der Waals surface area (Å²) in [7, 11) is 0. The van der Waals surface area contributed by atoms with Gasteiger partial charge in [0.05, 0.1) is 0 Å². The van der Waals surface area contributed by atoms with Crippen molar-refractivity contribution in [3.05, 3.63) is 35.4 Å². The van der Waals surface area contributed by atoms with E-state index >= 15 is 0 Å². The quantitative estimate of drug-likeness (QED) is 0.906. The van der Waals surface area contributed by atoms with Crippen molar-refractivity contribution in [3.63, 3.8) is 0 Å². The van der Waals surface area contributed by atoms with E-state index in [9.17, 15) is 0 Å². The molecule has 2 fully saturated rings. The average Bonchev–Trinajstić information content (AvgIpc) is 3.26. The first-order valence-electron chi connectivity index (χ1n) is 8.07. The predicted octanol–water partition coefficient (Wildman–Crippen LogP) is 1.61. The summed E-state index contributed by atoms with van der Waals surface area (Å²) in [4.78, 5) is 5.37. The normalized spacial score (nSPS) is 31.4. The molecule has 2 N–H and O–H groups in total. The Kier molecular flexibility index (Phi) is 3.09. The summed E-state index contributed by atoms with van der Waals surface area (Å²) in [6, 6.07) is 9.78. The zero-order valence-electron chi connectivity index (χ0n) is 12.2. The van der Waals surface area contributed by atoms with E-state index in [1.165, 1.54) is 56.4 Å². The van der Waals surface area contributed by atoms with Crippen molar-refractivity contribution in [2.24, 2.45) is 5.73 Å². The van der Waals surface area contributed by atoms with Crippen molar-refractivity contribution in [1.29, 1.82) is 0 Å². The average molecular weight is 271 g/mol. The lowest BCUT2D eigenvalue weighted by Crippen LogP contribution is -2.57. The molecule has 1 aromatic carbocycles. The van der Waals surface area contributed by atoms with Gasteiger partial charge in [-0.2, -0.15) is 0 Å². The van der Waals surface area contributed by atoms with Crippen molar-refractivity contribution in [2.75, 3.05) is 26.2 Å². The molecule has 0 aromatic heterocycles. The molecule has 2 heterocycles. The number of likely N-dealkylation sites (tertiary alicyclic amines) is 1. The van der Waals surface area contributed by atoms with E-state index in [4.69, 9.17) is 5.73 Å². The molecule has 3 heteroatoms. The Bertz CT molecular complexity index is 497. The lowest BCUT2D eigenvalue weighted by Gasteiger charge is -2.43. The van der Waals surface area contributed by atoms with Crippen LogP contribution in [0.5, 0.6) is 0 Å². The Hall–Kier alpha value is -0.900. The first kappa shape index (κ1) is 12.8. The van der Waals surface area contributed by atoms with Gasteiger partial charge in [0.15, 0.2) is 0 Å². The molecule has 1 aliphatic carbocycles. The molecule has 0 amide bonds. The second-order valence-corrected chi connectivity index (χ2v) is 6.82. The molecule has 3 nitrogen and oxygen atoms in total. The third kappa shape index (κ3) is 2.09. The maximum absolute atomic E-state index is 6.23. The molecule has 20 heavy (non-hydrogen) atoms. The highest BCUT2D eigenvalue weighted by Gasteiger charge is 2.46. The van der Waals surface area contributed by atoms with E-state index in [1.807, 2.05) is 0 Å². The van der Waals surface area contributed by atoms with Crippen LogP contribution in [0.1, 0.15) is 30.4 Å². The molecule has 1 unspecified atom stereocenters. The lowest BCUT2D eigenvalue weighted by molar-refractivity contribution is 0.0834. The first-order chi connectivity index (χ1) is 9.81. The van der Waals surface area contributed by atoms with Crippen LogP contribution in [-0.4, -0.2) is 47.6 Å². The molecule has 3 aliphatic rings. The van der Waals surface area contributed by atoms with Gasteiger partial charge in [0, 0.05) is 44.3 Å². The second-order valence-electron chi connectivity index (χ2n) is 6.82. The smallest absolute Gasteiger partial charge is 0.0474 e. The van der Waals surface area contributed by atoms with Gasteiger partial charge in [-0.15, -0.1) is 0 Å². The van der Waals surface area contributed by atoms with Gasteiger partial charge in [0.2, 0.25) is 0 Å². The van der Waals surface area contributed by atoms with E-state index in [-0.39, 0.29) is 5.54 Å². The minimum atomic E-state index is 0.232. The number of rotatable bonds is 3. The van der Waals surface area contributed by atoms with Gasteiger partial charge in [-0.1, -0.05) is 24.3 Å². The number of hydrogen-bond acceptors (Lipinski definition) is 3. The molecule has 1 saturated carbocycles. The Labute approximate surface area is 121 Å². The summed E-state index contributed by atoms with van der Waals surface area (Å²) in [5.41, 5.74) is 9.51. The zero-order chi connectivity index (χ0) is 13.6. The predicted molar refractivity (Wildman–Crippen MR) is 81.6 cm³/mol. The maximum Gasteiger partial charge on any atom is 0.0474 e. The van der Waals surface area contributed by atoms with Crippen molar-refractivity contribution in [1.82, 2.24) is 9.80 Å². The lowest BCUT2D eigenvalue weighted by atomic mass is 9.90. The molecule has 0 spiro atoms. The molecule has 2 aliphatic heterocycles. The van der Waals surface area contributed by atoms with Crippen molar-refractivity contribution in [2.45, 2.75) is 43.8 Å². The van der Waals surface area contributed by atoms with Crippen LogP contribution in [-0.2, 0) is 13.0 Å². The largest absolute Gasteiger partial charge is 0.329 e. The van der Waals surface area contributed by atoms with Gasteiger partial charge >= 0.3 is 0 Å². The maximum atomic E-state index is 6.23. The summed E-state index contributed by atoms with van der Waals surface area (Å²) in [5.74, 6) is 0. The number of nitrogens with two attached hydrogens (primary N) is 1. The number of nitrogens with zero attached hydrogens (tertiary/aromatic N) is 2. The summed E-state index contributed by atoms with van der Waals surface area (Å²) in [6.07, 6.45) is 5.25. The van der Waals surface area contributed by atoms with E-state index in [2.05, 4.69) is 34.1 Å². The molecule has 0 bridgehead atoms. The van der Waals surface area contributed by atoms with Crippen LogP contribution in [0, 0.1) is 0 Å². The van der Waals surface area contributed by atoms with Crippen molar-refractivity contribution >= 4 is 0 Å². The van der Waals surface area contributed by atoms with Gasteiger partial charge in [0.25, 0.3) is 0 Å². The topological polar surface area (TPSA) is 32.5 Å². The summed E-state index contributed by atoms with van der Waals surface area (Å²) >= 11 is 0. The highest BCUT2D eigenvalue weighted by molar-refractivity contribution is 5.30. The van der Waals surface area contributed by atoms with Gasteiger partial charge in [-0.25, -0.2) is 0 Å². The van der Waals surface area contributed by atoms with Crippen LogP contribution in [0.15, 0.2) is 24.3 Å². The fraction of sp³-hybridized carbons (Fsp3) is 0.647. The van der Waals surface area contributed by atoms with E-state index < -0.39 is 0 Å². The molecular formula is C17H25N3. The Morgan fingerprint density at radius 2 is 1.95 bits per heavy atom. The monoisotopic (exact) mass is 271 g/mol. The minimum absolute atomic E-state index is 0.232. The number of hydrogen-bond donors (Lipinski definition) is 1. The number of benzene rings is 1. The van der Waals surface area contributed by atoms with Crippen LogP contribution in [0.4, 0.5) is 0 Å². The summed E-state index contributed by atoms with van der Waals surface area (Å²) in [5, 5.41) is 0. The van der Waals surface area contributed by atoms with Crippen LogP contribution in [0.2, 0.25) is 0 Å². The zero-order valence-corrected chi connectivity index (χ0v) is 12.2. The van der Waals surface area contributed by atoms with Gasteiger partial charge in [-0.3, -0.25) is 9.80 Å². The molecular weight excluding hydrogens is 246 g/mol. The van der Waals surface area contributed by atoms with Crippen LogP contribution >= 0.6 is 0 Å². The second kappa shape index (κ2) is 4.83. The van der Waals surface area contributed by atoms with Crippen LogP contribution in [0.3, 0.4) is 0 Å². The third-order valence-electron chi connectivity index (χ3n) is 5.61. The highest BCUT2D eigenvalue weighted by Crippen LogP contribution is 2.37. The highest BCUT2D eigenvalue weighted by atomic mass is 15.3. The first-order valence-corrected chi connectivity index (χ1v) is 8.07. The van der Waals surface area contributed by atoms with E-state index in [1.54, 1.807) is 0 Å². The van der Waals surface area contributed by atoms with Crippen molar-refractivity contribution in [3.8, 4) is 0 Å². The Morgan fingerprint density at radius 3 is 2.70 bits per heavy atom. The van der Waals surface area contributed by atoms with E-state index in [0.29, 0.717) is 0 Å². The van der Waals surface area contributed by atoms with Gasteiger partial charge in [0.1, 0.15) is 0 Å². The molecule has 0 radical (unpaired) electrons. The molecule has 1 saturated heterocycles. The summed E-state index contributed by atoms with van der Waals surface area (Å²) in [6.45, 7) is 5.51. The minimum Gasteiger partial charge on any atom is -0.329 e. The van der Waals surface area contributed by atoms with Crippen LogP contribution in [0.25, 0.3) is 0 Å². The van der Waals surface area contributed by atoms with Crippen molar-refractivity contribution < 1.29 is 0 Å². The molecule has 1 atom stereocenters. The fourth-order valence-corrected chi connectivity index (χ4v) is 4.09. The van der Waals surface area contributed by atoms with Gasteiger partial charge < -0.3 is 5.73 Å². The molecule has 1 aromatic rings. The van der Waals surface area contributed by atoms with E-state index in [0.717, 1.165) is 19.1 Å². The fourth-order valence-electron chi connectivity index (χ4n) is 4.09. The summed E-state index contributed by atoms with van der Waals surface area (Å²) < 4.78 is 0.